The van der Waals surface area contributed by atoms with Crippen molar-refractivity contribution in [3.8, 4) is 0 Å². The third-order valence-corrected chi connectivity index (χ3v) is 4.25. The average Bonchev–Trinajstić information content (AvgIpc) is 2.64. The monoisotopic (exact) mass is 324 g/mol. The fraction of sp³-hybridized carbons (Fsp3) is 0.381. The minimum Gasteiger partial charge on any atom is -0.355 e. The van der Waals surface area contributed by atoms with Crippen molar-refractivity contribution in [1.29, 1.82) is 0 Å². The van der Waals surface area contributed by atoms with E-state index in [4.69, 9.17) is 5.73 Å². The Labute approximate surface area is 145 Å². The van der Waals surface area contributed by atoms with Gasteiger partial charge in [0.2, 0.25) is 5.91 Å². The molecule has 3 nitrogen and oxygen atoms in total. The molecule has 0 radical (unpaired) electrons. The van der Waals surface area contributed by atoms with Crippen molar-refractivity contribution in [2.75, 3.05) is 13.1 Å². The highest BCUT2D eigenvalue weighted by Gasteiger charge is 2.13. The molecule has 1 atom stereocenters. The Hall–Kier alpha value is -2.13. The van der Waals surface area contributed by atoms with Crippen LogP contribution in [0.2, 0.25) is 0 Å². The van der Waals surface area contributed by atoms with E-state index >= 15 is 0 Å². The van der Waals surface area contributed by atoms with Crippen molar-refractivity contribution in [3.63, 3.8) is 0 Å². The van der Waals surface area contributed by atoms with E-state index in [1.165, 1.54) is 11.1 Å². The van der Waals surface area contributed by atoms with Gasteiger partial charge >= 0.3 is 0 Å². The third-order valence-electron chi connectivity index (χ3n) is 4.25. The molecule has 0 fully saturated rings. The molecule has 2 aromatic carbocycles. The van der Waals surface area contributed by atoms with Crippen LogP contribution in [-0.4, -0.2) is 19.0 Å². The summed E-state index contributed by atoms with van der Waals surface area (Å²) in [6, 6.07) is 20.9. The lowest BCUT2D eigenvalue weighted by Gasteiger charge is -2.18. The summed E-state index contributed by atoms with van der Waals surface area (Å²) >= 11 is 0. The van der Waals surface area contributed by atoms with Crippen LogP contribution in [0.3, 0.4) is 0 Å². The summed E-state index contributed by atoms with van der Waals surface area (Å²) in [7, 11) is 0. The molecule has 3 heteroatoms. The number of carbonyl (C=O) groups excluding carboxylic acids is 1. The van der Waals surface area contributed by atoms with Crippen LogP contribution in [-0.2, 0) is 11.2 Å². The number of hydrogen-bond acceptors (Lipinski definition) is 2. The lowest BCUT2D eigenvalue weighted by molar-refractivity contribution is -0.121. The van der Waals surface area contributed by atoms with Crippen LogP contribution in [0.1, 0.15) is 42.7 Å². The molecule has 24 heavy (non-hydrogen) atoms. The first-order valence-electron chi connectivity index (χ1n) is 8.85. The molecule has 0 aromatic heterocycles. The van der Waals surface area contributed by atoms with Crippen LogP contribution in [0.25, 0.3) is 0 Å². The molecule has 2 rings (SSSR count). The van der Waals surface area contributed by atoms with Gasteiger partial charge in [-0.25, -0.2) is 0 Å². The van der Waals surface area contributed by atoms with Gasteiger partial charge in [0.15, 0.2) is 0 Å². The van der Waals surface area contributed by atoms with Crippen LogP contribution in [0.4, 0.5) is 0 Å². The van der Waals surface area contributed by atoms with E-state index in [9.17, 15) is 4.79 Å². The van der Waals surface area contributed by atoms with Crippen molar-refractivity contribution < 1.29 is 4.79 Å². The SMILES string of the molecule is NCCCCCC(=O)NCC(Cc1ccccc1)c1ccccc1. The zero-order valence-corrected chi connectivity index (χ0v) is 14.3. The molecule has 0 saturated carbocycles. The largest absolute Gasteiger partial charge is 0.355 e. The lowest BCUT2D eigenvalue weighted by atomic mass is 9.92. The number of nitrogens with two attached hydrogens (primary N) is 1. The molecule has 0 aliphatic carbocycles. The number of amides is 1. The Balaban J connectivity index is 1.90. The zero-order valence-electron chi connectivity index (χ0n) is 14.3. The van der Waals surface area contributed by atoms with Crippen LogP contribution >= 0.6 is 0 Å². The zero-order chi connectivity index (χ0) is 17.0. The molecule has 2 aromatic rings. The van der Waals surface area contributed by atoms with Gasteiger partial charge in [-0.15, -0.1) is 0 Å². The first kappa shape index (κ1) is 18.2. The van der Waals surface area contributed by atoms with Crippen molar-refractivity contribution >= 4 is 5.91 Å². The van der Waals surface area contributed by atoms with E-state index in [1.54, 1.807) is 0 Å². The summed E-state index contributed by atoms with van der Waals surface area (Å²) in [5.74, 6) is 0.433. The van der Waals surface area contributed by atoms with Crippen molar-refractivity contribution in [3.05, 3.63) is 71.8 Å². The summed E-state index contributed by atoms with van der Waals surface area (Å²) in [5.41, 5.74) is 8.04. The van der Waals surface area contributed by atoms with Gasteiger partial charge < -0.3 is 11.1 Å². The van der Waals surface area contributed by atoms with Crippen LogP contribution in [0.5, 0.6) is 0 Å². The smallest absolute Gasteiger partial charge is 0.220 e. The quantitative estimate of drug-likeness (QED) is 0.656. The summed E-state index contributed by atoms with van der Waals surface area (Å²) in [4.78, 5) is 12.1. The Morgan fingerprint density at radius 1 is 0.917 bits per heavy atom. The maximum atomic E-state index is 12.1. The van der Waals surface area contributed by atoms with Crippen molar-refractivity contribution in [2.24, 2.45) is 5.73 Å². The Morgan fingerprint density at radius 3 is 2.25 bits per heavy atom. The Kier molecular flexibility index (Phi) is 8.05. The second-order valence-corrected chi connectivity index (χ2v) is 6.20. The average molecular weight is 324 g/mol. The highest BCUT2D eigenvalue weighted by atomic mass is 16.1. The van der Waals surface area contributed by atoms with Gasteiger partial charge in [0, 0.05) is 18.9 Å². The highest BCUT2D eigenvalue weighted by molar-refractivity contribution is 5.75. The molecule has 0 heterocycles. The molecule has 1 amide bonds. The van der Waals surface area contributed by atoms with Crippen LogP contribution < -0.4 is 11.1 Å². The molecule has 0 bridgehead atoms. The molecule has 0 aliphatic rings. The van der Waals surface area contributed by atoms with Gasteiger partial charge in [0.1, 0.15) is 0 Å². The van der Waals surface area contributed by atoms with Crippen LogP contribution in [0, 0.1) is 0 Å². The second kappa shape index (κ2) is 10.6. The summed E-state index contributed by atoms with van der Waals surface area (Å²) < 4.78 is 0. The number of benzene rings is 2. The van der Waals surface area contributed by atoms with Crippen molar-refractivity contribution in [2.45, 2.75) is 38.0 Å². The summed E-state index contributed by atoms with van der Waals surface area (Å²) in [6.45, 7) is 1.38. The van der Waals surface area contributed by atoms with Gasteiger partial charge in [-0.3, -0.25) is 4.79 Å². The first-order chi connectivity index (χ1) is 11.8. The number of rotatable bonds is 10. The predicted octanol–water partition coefficient (Wildman–Crippen LogP) is 3.65. The van der Waals surface area contributed by atoms with E-state index in [1.807, 2.05) is 12.1 Å². The van der Waals surface area contributed by atoms with Gasteiger partial charge in [0.25, 0.3) is 0 Å². The minimum absolute atomic E-state index is 0.140. The van der Waals surface area contributed by atoms with E-state index in [-0.39, 0.29) is 5.91 Å². The van der Waals surface area contributed by atoms with Gasteiger partial charge in [0.05, 0.1) is 0 Å². The molecule has 3 N–H and O–H groups in total. The fourth-order valence-electron chi connectivity index (χ4n) is 2.86. The summed E-state index contributed by atoms with van der Waals surface area (Å²) in [5, 5.41) is 3.11. The van der Waals surface area contributed by atoms with Gasteiger partial charge in [-0.1, -0.05) is 67.1 Å². The number of hydrogen-bond donors (Lipinski definition) is 2. The fourth-order valence-corrected chi connectivity index (χ4v) is 2.86. The third kappa shape index (κ3) is 6.55. The molecular formula is C21H28N2O. The molecular weight excluding hydrogens is 296 g/mol. The van der Waals surface area contributed by atoms with E-state index in [2.05, 4.69) is 53.8 Å². The minimum atomic E-state index is 0.140. The Morgan fingerprint density at radius 2 is 1.58 bits per heavy atom. The highest BCUT2D eigenvalue weighted by Crippen LogP contribution is 2.20. The maximum Gasteiger partial charge on any atom is 0.220 e. The topological polar surface area (TPSA) is 55.1 Å². The molecule has 0 spiro atoms. The normalized spacial score (nSPS) is 11.9. The Bertz CT molecular complexity index is 583. The first-order valence-corrected chi connectivity index (χ1v) is 8.85. The summed E-state index contributed by atoms with van der Waals surface area (Å²) in [6.07, 6.45) is 4.45. The van der Waals surface area contributed by atoms with E-state index in [0.29, 0.717) is 25.4 Å². The standard InChI is InChI=1S/C21H28N2O/c22-15-9-3-8-14-21(24)23-17-20(19-12-6-2-7-13-19)16-18-10-4-1-5-11-18/h1-2,4-7,10-13,20H,3,8-9,14-17,22H2,(H,23,24). The molecule has 1 unspecified atom stereocenters. The number of nitrogens with one attached hydrogen (secondary N) is 1. The van der Waals surface area contributed by atoms with Crippen LogP contribution in [0.15, 0.2) is 60.7 Å². The maximum absolute atomic E-state index is 12.1. The van der Waals surface area contributed by atoms with Crippen molar-refractivity contribution in [1.82, 2.24) is 5.32 Å². The van der Waals surface area contributed by atoms with Gasteiger partial charge in [-0.05, 0) is 36.9 Å². The predicted molar refractivity (Wildman–Crippen MR) is 99.9 cm³/mol. The number of unbranched alkanes of at least 4 members (excludes halogenated alkanes) is 2. The lowest BCUT2D eigenvalue weighted by Crippen LogP contribution is -2.29. The van der Waals surface area contributed by atoms with E-state index in [0.717, 1.165) is 25.7 Å². The van der Waals surface area contributed by atoms with Gasteiger partial charge in [-0.2, -0.15) is 0 Å². The molecule has 128 valence electrons. The number of carbonyl (C=O) groups is 1. The second-order valence-electron chi connectivity index (χ2n) is 6.20. The molecule has 0 aliphatic heterocycles. The molecule has 0 saturated heterocycles. The van der Waals surface area contributed by atoms with E-state index < -0.39 is 0 Å².